The van der Waals surface area contributed by atoms with Gasteiger partial charge in [-0.05, 0) is 38.5 Å². The summed E-state index contributed by atoms with van der Waals surface area (Å²) in [5, 5.41) is 13.6. The summed E-state index contributed by atoms with van der Waals surface area (Å²) in [4.78, 5) is 22.9. The zero-order chi connectivity index (χ0) is 17.0. The summed E-state index contributed by atoms with van der Waals surface area (Å²) in [5.41, 5.74) is 1.46. The van der Waals surface area contributed by atoms with E-state index in [1.54, 1.807) is 37.3 Å². The van der Waals surface area contributed by atoms with Crippen molar-refractivity contribution in [1.82, 2.24) is 0 Å². The van der Waals surface area contributed by atoms with E-state index in [-0.39, 0.29) is 17.7 Å². The largest absolute Gasteiger partial charge is 0.490 e. The number of non-ortho nitro benzene ring substituents is 1. The summed E-state index contributed by atoms with van der Waals surface area (Å²) in [6.07, 6.45) is -0.0662. The molecule has 2 aromatic carbocycles. The van der Waals surface area contributed by atoms with Crippen molar-refractivity contribution >= 4 is 17.3 Å². The molecule has 0 unspecified atom stereocenters. The van der Waals surface area contributed by atoms with Gasteiger partial charge in [0.05, 0.1) is 22.3 Å². The van der Waals surface area contributed by atoms with Crippen molar-refractivity contribution in [2.24, 2.45) is 0 Å². The second kappa shape index (κ2) is 6.91. The molecule has 0 aliphatic heterocycles. The van der Waals surface area contributed by atoms with Crippen LogP contribution in [0, 0.1) is 17.0 Å². The minimum Gasteiger partial charge on any atom is -0.490 e. The molecule has 0 radical (unpaired) electrons. The Kier molecular flexibility index (Phi) is 4.95. The maximum Gasteiger partial charge on any atom is 0.271 e. The first-order chi connectivity index (χ1) is 10.9. The molecule has 0 spiro atoms. The molecule has 0 saturated heterocycles. The minimum atomic E-state index is -0.495. The van der Waals surface area contributed by atoms with Gasteiger partial charge in [0.25, 0.3) is 11.6 Å². The third kappa shape index (κ3) is 4.06. The van der Waals surface area contributed by atoms with E-state index in [1.165, 1.54) is 12.1 Å². The van der Waals surface area contributed by atoms with Crippen LogP contribution in [0.15, 0.2) is 42.5 Å². The van der Waals surface area contributed by atoms with Crippen molar-refractivity contribution in [2.45, 2.75) is 26.9 Å². The van der Waals surface area contributed by atoms with Gasteiger partial charge in [0, 0.05) is 12.1 Å². The third-order valence-electron chi connectivity index (χ3n) is 3.17. The summed E-state index contributed by atoms with van der Waals surface area (Å²) in [7, 11) is 0. The van der Waals surface area contributed by atoms with Gasteiger partial charge in [0.1, 0.15) is 5.75 Å². The zero-order valence-corrected chi connectivity index (χ0v) is 13.2. The molecule has 2 aromatic rings. The van der Waals surface area contributed by atoms with E-state index in [4.69, 9.17) is 4.74 Å². The van der Waals surface area contributed by atoms with E-state index in [0.717, 1.165) is 5.56 Å². The van der Waals surface area contributed by atoms with Crippen molar-refractivity contribution in [2.75, 3.05) is 5.32 Å². The Hall–Kier alpha value is -2.89. The normalized spacial score (nSPS) is 10.4. The van der Waals surface area contributed by atoms with Gasteiger partial charge in [0.2, 0.25) is 0 Å². The van der Waals surface area contributed by atoms with Gasteiger partial charge in [-0.15, -0.1) is 0 Å². The molecule has 23 heavy (non-hydrogen) atoms. The molecule has 2 rings (SSSR count). The summed E-state index contributed by atoms with van der Waals surface area (Å²) >= 11 is 0. The van der Waals surface area contributed by atoms with Gasteiger partial charge < -0.3 is 10.1 Å². The number of carbonyl (C=O) groups excluding carboxylic acids is 1. The van der Waals surface area contributed by atoms with Gasteiger partial charge in [-0.2, -0.15) is 0 Å². The molecule has 0 aliphatic carbocycles. The van der Waals surface area contributed by atoms with E-state index >= 15 is 0 Å². The molecule has 1 amide bonds. The van der Waals surface area contributed by atoms with Crippen LogP contribution in [0.4, 0.5) is 11.4 Å². The minimum absolute atomic E-state index is 0.0662. The number of para-hydroxylation sites is 1. The van der Waals surface area contributed by atoms with Crippen LogP contribution >= 0.6 is 0 Å². The van der Waals surface area contributed by atoms with Crippen molar-refractivity contribution in [3.63, 3.8) is 0 Å². The number of amides is 1. The molecule has 6 heteroatoms. The van der Waals surface area contributed by atoms with Crippen molar-refractivity contribution in [1.29, 1.82) is 0 Å². The van der Waals surface area contributed by atoms with E-state index in [1.807, 2.05) is 13.8 Å². The SMILES string of the molecule is Cc1ccc([N+](=O)[O-])cc1NC(=O)c1ccccc1OC(C)C. The number of hydrogen-bond donors (Lipinski definition) is 1. The Bertz CT molecular complexity index is 741. The lowest BCUT2D eigenvalue weighted by atomic mass is 10.1. The molecule has 0 aromatic heterocycles. The van der Waals surface area contributed by atoms with Crippen LogP contribution in [0.1, 0.15) is 29.8 Å². The van der Waals surface area contributed by atoms with Gasteiger partial charge >= 0.3 is 0 Å². The number of benzene rings is 2. The summed E-state index contributed by atoms with van der Waals surface area (Å²) in [6, 6.07) is 11.2. The van der Waals surface area contributed by atoms with E-state index in [2.05, 4.69) is 5.32 Å². The molecule has 0 heterocycles. The highest BCUT2D eigenvalue weighted by atomic mass is 16.6. The first kappa shape index (κ1) is 16.5. The van der Waals surface area contributed by atoms with E-state index in [9.17, 15) is 14.9 Å². The molecule has 0 saturated carbocycles. The summed E-state index contributed by atoms with van der Waals surface area (Å²) in [6.45, 7) is 5.52. The van der Waals surface area contributed by atoms with E-state index in [0.29, 0.717) is 17.0 Å². The first-order valence-electron chi connectivity index (χ1n) is 7.20. The number of ether oxygens (including phenoxy) is 1. The third-order valence-corrected chi connectivity index (χ3v) is 3.17. The lowest BCUT2D eigenvalue weighted by Crippen LogP contribution is -2.16. The average Bonchev–Trinajstić information content (AvgIpc) is 2.49. The number of carbonyl (C=O) groups is 1. The quantitative estimate of drug-likeness (QED) is 0.669. The van der Waals surface area contributed by atoms with Crippen molar-refractivity contribution in [3.8, 4) is 5.75 Å². The molecule has 0 bridgehead atoms. The Labute approximate surface area is 134 Å². The van der Waals surface area contributed by atoms with Crippen molar-refractivity contribution in [3.05, 3.63) is 63.7 Å². The highest BCUT2D eigenvalue weighted by Gasteiger charge is 2.16. The predicted octanol–water partition coefficient (Wildman–Crippen LogP) is 3.94. The lowest BCUT2D eigenvalue weighted by Gasteiger charge is -2.14. The van der Waals surface area contributed by atoms with Crippen LogP contribution in [0.2, 0.25) is 0 Å². The standard InChI is InChI=1S/C17H18N2O4/c1-11(2)23-16-7-5-4-6-14(16)17(20)18-15-10-13(19(21)22)9-8-12(15)3/h4-11H,1-3H3,(H,18,20). The second-order valence-electron chi connectivity index (χ2n) is 5.37. The van der Waals surface area contributed by atoms with Crippen LogP contribution < -0.4 is 10.1 Å². The number of anilines is 1. The molecule has 0 aliphatic rings. The molecule has 0 fully saturated rings. The fourth-order valence-electron chi connectivity index (χ4n) is 2.06. The Morgan fingerprint density at radius 1 is 1.22 bits per heavy atom. The predicted molar refractivity (Wildman–Crippen MR) is 88.0 cm³/mol. The molecule has 120 valence electrons. The smallest absolute Gasteiger partial charge is 0.271 e. The van der Waals surface area contributed by atoms with Crippen LogP contribution in [-0.4, -0.2) is 16.9 Å². The molecular weight excluding hydrogens is 296 g/mol. The van der Waals surface area contributed by atoms with Gasteiger partial charge in [-0.3, -0.25) is 14.9 Å². The Balaban J connectivity index is 2.29. The number of hydrogen-bond acceptors (Lipinski definition) is 4. The number of nitro benzene ring substituents is 1. The molecule has 1 N–H and O–H groups in total. The highest BCUT2D eigenvalue weighted by Crippen LogP contribution is 2.25. The van der Waals surface area contributed by atoms with E-state index < -0.39 is 4.92 Å². The van der Waals surface area contributed by atoms with Gasteiger partial charge in [-0.1, -0.05) is 18.2 Å². The molecule has 0 atom stereocenters. The number of nitro groups is 1. The van der Waals surface area contributed by atoms with Crippen LogP contribution in [-0.2, 0) is 0 Å². The fourth-order valence-corrected chi connectivity index (χ4v) is 2.06. The number of nitrogens with zero attached hydrogens (tertiary/aromatic N) is 1. The molecule has 6 nitrogen and oxygen atoms in total. The summed E-state index contributed by atoms with van der Waals surface area (Å²) in [5.74, 6) is 0.105. The monoisotopic (exact) mass is 314 g/mol. The number of aryl methyl sites for hydroxylation is 1. The topological polar surface area (TPSA) is 81.5 Å². The maximum absolute atomic E-state index is 12.5. The Morgan fingerprint density at radius 2 is 1.91 bits per heavy atom. The number of rotatable bonds is 5. The van der Waals surface area contributed by atoms with Crippen molar-refractivity contribution < 1.29 is 14.5 Å². The highest BCUT2D eigenvalue weighted by molar-refractivity contribution is 6.06. The molecular formula is C17H18N2O4. The second-order valence-corrected chi connectivity index (χ2v) is 5.37. The van der Waals surface area contributed by atoms with Crippen LogP contribution in [0.3, 0.4) is 0 Å². The van der Waals surface area contributed by atoms with Crippen LogP contribution in [0.5, 0.6) is 5.75 Å². The first-order valence-corrected chi connectivity index (χ1v) is 7.20. The number of nitrogens with one attached hydrogen (secondary N) is 1. The maximum atomic E-state index is 12.5. The Morgan fingerprint density at radius 3 is 2.57 bits per heavy atom. The zero-order valence-electron chi connectivity index (χ0n) is 13.2. The average molecular weight is 314 g/mol. The lowest BCUT2D eigenvalue weighted by molar-refractivity contribution is -0.384. The van der Waals surface area contributed by atoms with Gasteiger partial charge in [0.15, 0.2) is 0 Å². The fraction of sp³-hybridized carbons (Fsp3) is 0.235. The van der Waals surface area contributed by atoms with Gasteiger partial charge in [-0.25, -0.2) is 0 Å². The summed E-state index contributed by atoms with van der Waals surface area (Å²) < 4.78 is 5.63. The van der Waals surface area contributed by atoms with Crippen LogP contribution in [0.25, 0.3) is 0 Å².